The highest BCUT2D eigenvalue weighted by Crippen LogP contribution is 2.29. The van der Waals surface area contributed by atoms with Crippen LogP contribution in [0, 0.1) is 0 Å². The standard InChI is InChI=1S/C15H22ClN3O3/c1-3-19-7-9(4-10(19)8-20)18-15(21)11-5-12(16)13(17)6-14(11)22-2/h5-6,9-10,20H,3-4,7-8,17H2,1-2H3,(H,18,21)/t9-,10-/m0/s1. The fraction of sp³-hybridized carbons (Fsp3) is 0.533. The molecule has 2 rings (SSSR count). The number of nitrogen functional groups attached to an aromatic ring is 1. The van der Waals surface area contributed by atoms with E-state index in [1.807, 2.05) is 6.92 Å². The first kappa shape index (κ1) is 16.9. The molecule has 7 heteroatoms. The molecule has 0 bridgehead atoms. The number of rotatable bonds is 5. The van der Waals surface area contributed by atoms with Gasteiger partial charge >= 0.3 is 0 Å². The molecule has 122 valence electrons. The minimum absolute atomic E-state index is 0.00867. The zero-order valence-corrected chi connectivity index (χ0v) is 13.6. The van der Waals surface area contributed by atoms with Gasteiger partial charge in [0, 0.05) is 24.7 Å². The smallest absolute Gasteiger partial charge is 0.255 e. The second-order valence-electron chi connectivity index (χ2n) is 5.40. The lowest BCUT2D eigenvalue weighted by atomic mass is 10.1. The van der Waals surface area contributed by atoms with Gasteiger partial charge in [0.2, 0.25) is 0 Å². The van der Waals surface area contributed by atoms with Crippen molar-refractivity contribution in [3.63, 3.8) is 0 Å². The minimum Gasteiger partial charge on any atom is -0.496 e. The molecule has 1 heterocycles. The van der Waals surface area contributed by atoms with Crippen molar-refractivity contribution in [1.29, 1.82) is 0 Å². The third-order valence-electron chi connectivity index (χ3n) is 4.04. The average molecular weight is 328 g/mol. The van der Waals surface area contributed by atoms with Gasteiger partial charge in [-0.05, 0) is 19.0 Å². The van der Waals surface area contributed by atoms with Crippen molar-refractivity contribution in [2.24, 2.45) is 0 Å². The van der Waals surface area contributed by atoms with Crippen molar-refractivity contribution in [3.8, 4) is 5.75 Å². The Morgan fingerprint density at radius 2 is 2.32 bits per heavy atom. The first-order valence-corrected chi connectivity index (χ1v) is 7.66. The summed E-state index contributed by atoms with van der Waals surface area (Å²) in [6.45, 7) is 3.69. The molecule has 1 amide bonds. The van der Waals surface area contributed by atoms with E-state index in [9.17, 15) is 9.90 Å². The number of nitrogens with one attached hydrogen (secondary N) is 1. The maximum absolute atomic E-state index is 12.5. The fourth-order valence-corrected chi connectivity index (χ4v) is 3.01. The van der Waals surface area contributed by atoms with Crippen molar-refractivity contribution in [2.45, 2.75) is 25.4 Å². The van der Waals surface area contributed by atoms with E-state index in [1.165, 1.54) is 13.2 Å². The fourth-order valence-electron chi connectivity index (χ4n) is 2.84. The third kappa shape index (κ3) is 3.45. The number of nitrogens with zero attached hydrogens (tertiary/aromatic N) is 1. The van der Waals surface area contributed by atoms with Crippen LogP contribution in [0.3, 0.4) is 0 Å². The van der Waals surface area contributed by atoms with Crippen molar-refractivity contribution < 1.29 is 14.6 Å². The van der Waals surface area contributed by atoms with Crippen LogP contribution in [0.4, 0.5) is 5.69 Å². The van der Waals surface area contributed by atoms with Crippen LogP contribution in [0.2, 0.25) is 5.02 Å². The maximum Gasteiger partial charge on any atom is 0.255 e. The highest BCUT2D eigenvalue weighted by atomic mass is 35.5. The SMILES string of the molecule is CCN1C[C@@H](NC(=O)c2cc(Cl)c(N)cc2OC)C[C@H]1CO. The van der Waals surface area contributed by atoms with E-state index in [2.05, 4.69) is 10.2 Å². The Balaban J connectivity index is 2.12. The monoisotopic (exact) mass is 327 g/mol. The molecule has 6 nitrogen and oxygen atoms in total. The van der Waals surface area contributed by atoms with Crippen LogP contribution < -0.4 is 15.8 Å². The van der Waals surface area contributed by atoms with Gasteiger partial charge in [-0.3, -0.25) is 9.69 Å². The van der Waals surface area contributed by atoms with Gasteiger partial charge in [-0.1, -0.05) is 18.5 Å². The second-order valence-corrected chi connectivity index (χ2v) is 5.81. The lowest BCUT2D eigenvalue weighted by Crippen LogP contribution is -2.37. The third-order valence-corrected chi connectivity index (χ3v) is 4.37. The van der Waals surface area contributed by atoms with Gasteiger partial charge in [-0.15, -0.1) is 0 Å². The van der Waals surface area contributed by atoms with E-state index in [-0.39, 0.29) is 24.6 Å². The van der Waals surface area contributed by atoms with E-state index in [0.717, 1.165) is 19.5 Å². The number of amides is 1. The summed E-state index contributed by atoms with van der Waals surface area (Å²) in [7, 11) is 1.48. The number of ether oxygens (including phenoxy) is 1. The van der Waals surface area contributed by atoms with Crippen LogP contribution in [-0.4, -0.2) is 54.8 Å². The summed E-state index contributed by atoms with van der Waals surface area (Å²) in [5.74, 6) is 0.141. The van der Waals surface area contributed by atoms with Crippen LogP contribution in [0.5, 0.6) is 5.75 Å². The number of carbonyl (C=O) groups excluding carboxylic acids is 1. The Bertz CT molecular complexity index is 541. The molecule has 2 atom stereocenters. The topological polar surface area (TPSA) is 87.8 Å². The molecule has 0 spiro atoms. The molecule has 1 aromatic carbocycles. The normalized spacial score (nSPS) is 21.8. The van der Waals surface area contributed by atoms with Crippen LogP contribution in [0.25, 0.3) is 0 Å². The maximum atomic E-state index is 12.5. The van der Waals surface area contributed by atoms with Crippen molar-refractivity contribution in [3.05, 3.63) is 22.7 Å². The number of aliphatic hydroxyl groups excluding tert-OH is 1. The quantitative estimate of drug-likeness (QED) is 0.705. The van der Waals surface area contributed by atoms with Gasteiger partial charge in [-0.25, -0.2) is 0 Å². The molecule has 0 aromatic heterocycles. The van der Waals surface area contributed by atoms with Crippen LogP contribution in [-0.2, 0) is 0 Å². The minimum atomic E-state index is -0.251. The zero-order chi connectivity index (χ0) is 16.3. The second kappa shape index (κ2) is 7.17. The van der Waals surface area contributed by atoms with Crippen LogP contribution in [0.1, 0.15) is 23.7 Å². The summed E-state index contributed by atoms with van der Waals surface area (Å²) in [6.07, 6.45) is 0.723. The number of methoxy groups -OCH3 is 1. The number of benzene rings is 1. The average Bonchev–Trinajstić information content (AvgIpc) is 2.91. The van der Waals surface area contributed by atoms with Crippen LogP contribution in [0.15, 0.2) is 12.1 Å². The number of aliphatic hydroxyl groups is 1. The van der Waals surface area contributed by atoms with E-state index < -0.39 is 0 Å². The van der Waals surface area contributed by atoms with Gasteiger partial charge in [-0.2, -0.15) is 0 Å². The summed E-state index contributed by atoms with van der Waals surface area (Å²) in [5, 5.41) is 12.7. The summed E-state index contributed by atoms with van der Waals surface area (Å²) in [5.41, 5.74) is 6.45. The lowest BCUT2D eigenvalue weighted by molar-refractivity contribution is 0.0935. The zero-order valence-electron chi connectivity index (χ0n) is 12.8. The van der Waals surface area contributed by atoms with Crippen LogP contribution >= 0.6 is 11.6 Å². The van der Waals surface area contributed by atoms with Crippen molar-refractivity contribution in [2.75, 3.05) is 32.5 Å². The van der Waals surface area contributed by atoms with E-state index in [4.69, 9.17) is 22.1 Å². The van der Waals surface area contributed by atoms with Gasteiger partial charge in [0.25, 0.3) is 5.91 Å². The lowest BCUT2D eigenvalue weighted by Gasteiger charge is -2.19. The van der Waals surface area contributed by atoms with Crippen molar-refractivity contribution >= 4 is 23.2 Å². The Kier molecular flexibility index (Phi) is 5.50. The molecule has 0 saturated carbocycles. The molecule has 22 heavy (non-hydrogen) atoms. The Morgan fingerprint density at radius 3 is 2.86 bits per heavy atom. The molecule has 1 aromatic rings. The van der Waals surface area contributed by atoms with E-state index >= 15 is 0 Å². The molecule has 1 fully saturated rings. The highest BCUT2D eigenvalue weighted by Gasteiger charge is 2.32. The van der Waals surface area contributed by atoms with Gasteiger partial charge < -0.3 is 20.9 Å². The molecule has 1 saturated heterocycles. The summed E-state index contributed by atoms with van der Waals surface area (Å²) < 4.78 is 5.20. The first-order chi connectivity index (χ1) is 10.5. The predicted octanol–water partition coefficient (Wildman–Crippen LogP) is 1.12. The largest absolute Gasteiger partial charge is 0.496 e. The number of nitrogens with two attached hydrogens (primary N) is 1. The number of hydrogen-bond donors (Lipinski definition) is 3. The molecule has 1 aliphatic rings. The van der Waals surface area contributed by atoms with Gasteiger partial charge in [0.05, 0.1) is 30.0 Å². The Hall–Kier alpha value is -1.50. The summed E-state index contributed by atoms with van der Waals surface area (Å²) >= 11 is 5.99. The van der Waals surface area contributed by atoms with E-state index in [1.54, 1.807) is 6.07 Å². The Morgan fingerprint density at radius 1 is 1.59 bits per heavy atom. The number of likely N-dealkylation sites (N-methyl/N-ethyl adjacent to an activating group) is 1. The molecule has 0 radical (unpaired) electrons. The van der Waals surface area contributed by atoms with Gasteiger partial charge in [0.15, 0.2) is 0 Å². The molecular formula is C15H22ClN3O3. The Labute approximate surface area is 135 Å². The number of halogens is 1. The molecule has 0 aliphatic carbocycles. The van der Waals surface area contributed by atoms with Crippen molar-refractivity contribution in [1.82, 2.24) is 10.2 Å². The van der Waals surface area contributed by atoms with Gasteiger partial charge in [0.1, 0.15) is 5.75 Å². The number of hydrogen-bond acceptors (Lipinski definition) is 5. The van der Waals surface area contributed by atoms with E-state index in [0.29, 0.717) is 22.0 Å². The number of carbonyl (C=O) groups is 1. The predicted molar refractivity (Wildman–Crippen MR) is 86.4 cm³/mol. The molecular weight excluding hydrogens is 306 g/mol. The molecule has 0 unspecified atom stereocenters. The summed E-state index contributed by atoms with van der Waals surface area (Å²) in [6, 6.07) is 3.14. The first-order valence-electron chi connectivity index (χ1n) is 7.28. The molecule has 1 aliphatic heterocycles. The number of likely N-dealkylation sites (tertiary alicyclic amines) is 1. The molecule has 4 N–H and O–H groups in total. The highest BCUT2D eigenvalue weighted by molar-refractivity contribution is 6.33. The summed E-state index contributed by atoms with van der Waals surface area (Å²) in [4.78, 5) is 14.6. The number of anilines is 1.